The van der Waals surface area contributed by atoms with Crippen molar-refractivity contribution in [3.63, 3.8) is 0 Å². The van der Waals surface area contributed by atoms with Crippen LogP contribution in [-0.2, 0) is 0 Å². The van der Waals surface area contributed by atoms with Gasteiger partial charge in [0.25, 0.3) is 0 Å². The second-order valence-electron chi connectivity index (χ2n) is 3.68. The summed E-state index contributed by atoms with van der Waals surface area (Å²) in [6.07, 6.45) is 7.52. The minimum Gasteiger partial charge on any atom is -0.254 e. The van der Waals surface area contributed by atoms with Crippen molar-refractivity contribution in [1.29, 1.82) is 0 Å². The van der Waals surface area contributed by atoms with Crippen LogP contribution in [0.4, 0.5) is 0 Å². The molecule has 0 bridgehead atoms. The number of rotatable bonds is 1. The molecule has 1 saturated carbocycles. The van der Waals surface area contributed by atoms with Crippen LogP contribution in [0.25, 0.3) is 10.8 Å². The third-order valence-corrected chi connectivity index (χ3v) is 2.64. The zero-order chi connectivity index (χ0) is 8.67. The summed E-state index contributed by atoms with van der Waals surface area (Å²) in [4.78, 5) is 4.01. The summed E-state index contributed by atoms with van der Waals surface area (Å²) in [6.45, 7) is 0. The molecule has 1 radical (unpaired) electrons. The Balaban J connectivity index is 2.21. The molecule has 13 heavy (non-hydrogen) atoms. The Morgan fingerprint density at radius 1 is 1.23 bits per heavy atom. The van der Waals surface area contributed by atoms with Gasteiger partial charge in [0.15, 0.2) is 0 Å². The Bertz CT molecular complexity index is 444. The lowest BCUT2D eigenvalue weighted by atomic mass is 10.1. The zero-order valence-corrected chi connectivity index (χ0v) is 7.33. The number of hydrogen-bond donors (Lipinski definition) is 0. The summed E-state index contributed by atoms with van der Waals surface area (Å²) in [5.41, 5.74) is 1.46. The fourth-order valence-electron chi connectivity index (χ4n) is 1.71. The number of aromatic nitrogens is 1. The lowest BCUT2D eigenvalue weighted by Crippen LogP contribution is -1.81. The molecule has 1 fully saturated rings. The molecular formula is C12H10N. The molecule has 1 heteroatoms. The molecule has 0 amide bonds. The van der Waals surface area contributed by atoms with Crippen LogP contribution < -0.4 is 0 Å². The molecule has 2 aromatic rings. The molecule has 1 aromatic carbocycles. The van der Waals surface area contributed by atoms with Gasteiger partial charge in [0.1, 0.15) is 0 Å². The molecule has 63 valence electrons. The molecule has 1 aliphatic rings. The van der Waals surface area contributed by atoms with Crippen LogP contribution in [0.3, 0.4) is 0 Å². The highest BCUT2D eigenvalue weighted by Gasteiger charge is 2.23. The van der Waals surface area contributed by atoms with Crippen LogP contribution in [0.1, 0.15) is 24.3 Å². The minimum atomic E-state index is 0.818. The van der Waals surface area contributed by atoms with Crippen LogP contribution in [0.2, 0.25) is 0 Å². The first-order valence-electron chi connectivity index (χ1n) is 4.70. The predicted octanol–water partition coefficient (Wildman–Crippen LogP) is 2.91. The first-order chi connectivity index (χ1) is 6.43. The van der Waals surface area contributed by atoms with E-state index in [0.717, 1.165) is 11.3 Å². The zero-order valence-electron chi connectivity index (χ0n) is 7.33. The third kappa shape index (κ3) is 1.21. The van der Waals surface area contributed by atoms with Gasteiger partial charge in [-0.2, -0.15) is 0 Å². The Morgan fingerprint density at radius 3 is 3.00 bits per heavy atom. The van der Waals surface area contributed by atoms with Gasteiger partial charge in [-0.3, -0.25) is 4.98 Å². The summed E-state index contributed by atoms with van der Waals surface area (Å²) in [6, 6.07) is 8.65. The summed E-state index contributed by atoms with van der Waals surface area (Å²) in [7, 11) is 0. The number of pyridine rings is 1. The fourth-order valence-corrected chi connectivity index (χ4v) is 1.71. The maximum Gasteiger partial charge on any atom is 0.0970 e. The lowest BCUT2D eigenvalue weighted by Gasteiger charge is -1.99. The average molecular weight is 168 g/mol. The monoisotopic (exact) mass is 168 g/mol. The van der Waals surface area contributed by atoms with E-state index in [1.807, 2.05) is 6.07 Å². The first-order valence-corrected chi connectivity index (χ1v) is 4.70. The Labute approximate surface area is 77.4 Å². The normalized spacial score (nSPS) is 16.3. The quantitative estimate of drug-likeness (QED) is 0.638. The van der Waals surface area contributed by atoms with E-state index in [0.29, 0.717) is 0 Å². The van der Waals surface area contributed by atoms with Crippen LogP contribution in [-0.4, -0.2) is 4.98 Å². The van der Waals surface area contributed by atoms with E-state index in [9.17, 15) is 0 Å². The van der Waals surface area contributed by atoms with Crippen molar-refractivity contribution in [2.24, 2.45) is 0 Å². The summed E-state index contributed by atoms with van der Waals surface area (Å²) in [5, 5.41) is 2.38. The van der Waals surface area contributed by atoms with E-state index in [4.69, 9.17) is 0 Å². The second-order valence-corrected chi connectivity index (χ2v) is 3.68. The molecule has 3 rings (SSSR count). The molecular weight excluding hydrogens is 158 g/mol. The first kappa shape index (κ1) is 7.07. The molecule has 0 spiro atoms. The van der Waals surface area contributed by atoms with Crippen molar-refractivity contribution < 1.29 is 0 Å². The van der Waals surface area contributed by atoms with Gasteiger partial charge in [-0.1, -0.05) is 12.1 Å². The SMILES string of the molecule is [c]1nccc2ccc(C3CC3)cc12. The van der Waals surface area contributed by atoms with Gasteiger partial charge in [-0.05, 0) is 41.8 Å². The topological polar surface area (TPSA) is 12.9 Å². The molecule has 1 heterocycles. The third-order valence-electron chi connectivity index (χ3n) is 2.64. The van der Waals surface area contributed by atoms with Crippen LogP contribution in [0.15, 0.2) is 30.5 Å². The predicted molar refractivity (Wildman–Crippen MR) is 52.6 cm³/mol. The van der Waals surface area contributed by atoms with Crippen LogP contribution >= 0.6 is 0 Å². The molecule has 0 N–H and O–H groups in total. The van der Waals surface area contributed by atoms with Crippen molar-refractivity contribution in [1.82, 2.24) is 4.98 Å². The second kappa shape index (κ2) is 2.56. The van der Waals surface area contributed by atoms with Crippen molar-refractivity contribution >= 4 is 10.8 Å². The number of hydrogen-bond acceptors (Lipinski definition) is 1. The Hall–Kier alpha value is -1.37. The number of benzene rings is 1. The summed E-state index contributed by atoms with van der Waals surface area (Å²) >= 11 is 0. The molecule has 1 aromatic heterocycles. The highest BCUT2D eigenvalue weighted by Crippen LogP contribution is 2.40. The van der Waals surface area contributed by atoms with E-state index in [1.54, 1.807) is 6.20 Å². The Morgan fingerprint density at radius 2 is 2.15 bits per heavy atom. The van der Waals surface area contributed by atoms with Gasteiger partial charge in [-0.15, -0.1) is 0 Å². The number of nitrogens with zero attached hydrogens (tertiary/aromatic N) is 1. The molecule has 0 atom stereocenters. The molecule has 0 saturated heterocycles. The van der Waals surface area contributed by atoms with Crippen LogP contribution in [0, 0.1) is 6.20 Å². The Kier molecular flexibility index (Phi) is 1.39. The van der Waals surface area contributed by atoms with E-state index in [-0.39, 0.29) is 0 Å². The van der Waals surface area contributed by atoms with Gasteiger partial charge in [0.05, 0.1) is 6.20 Å². The lowest BCUT2D eigenvalue weighted by molar-refractivity contribution is 1.14. The van der Waals surface area contributed by atoms with Gasteiger partial charge >= 0.3 is 0 Å². The molecule has 1 nitrogen and oxygen atoms in total. The maximum atomic E-state index is 4.01. The maximum absolute atomic E-state index is 4.01. The van der Waals surface area contributed by atoms with E-state index in [2.05, 4.69) is 29.4 Å². The van der Waals surface area contributed by atoms with Crippen molar-refractivity contribution in [2.45, 2.75) is 18.8 Å². The van der Waals surface area contributed by atoms with Gasteiger partial charge in [0.2, 0.25) is 0 Å². The van der Waals surface area contributed by atoms with Crippen LogP contribution in [0.5, 0.6) is 0 Å². The van der Waals surface area contributed by atoms with E-state index >= 15 is 0 Å². The largest absolute Gasteiger partial charge is 0.254 e. The fraction of sp³-hybridized carbons (Fsp3) is 0.250. The molecule has 1 aliphatic carbocycles. The smallest absolute Gasteiger partial charge is 0.0970 e. The molecule has 0 unspecified atom stereocenters. The van der Waals surface area contributed by atoms with Gasteiger partial charge in [-0.25, -0.2) is 0 Å². The average Bonchev–Trinajstić information content (AvgIpc) is 3.00. The summed E-state index contributed by atoms with van der Waals surface area (Å²) < 4.78 is 0. The van der Waals surface area contributed by atoms with Crippen molar-refractivity contribution in [3.05, 3.63) is 42.2 Å². The van der Waals surface area contributed by atoms with Crippen molar-refractivity contribution in [3.8, 4) is 0 Å². The van der Waals surface area contributed by atoms with E-state index in [1.165, 1.54) is 23.8 Å². The van der Waals surface area contributed by atoms with Crippen molar-refractivity contribution in [2.75, 3.05) is 0 Å². The highest BCUT2D eigenvalue weighted by molar-refractivity contribution is 5.81. The highest BCUT2D eigenvalue weighted by atomic mass is 14.6. The minimum absolute atomic E-state index is 0.818. The van der Waals surface area contributed by atoms with Gasteiger partial charge < -0.3 is 0 Å². The van der Waals surface area contributed by atoms with E-state index < -0.39 is 0 Å². The number of fused-ring (bicyclic) bond motifs is 1. The summed E-state index contributed by atoms with van der Waals surface area (Å²) in [5.74, 6) is 0.818. The van der Waals surface area contributed by atoms with Gasteiger partial charge in [0, 0.05) is 11.6 Å². The standard InChI is InChI=1S/C12H10N/c1-2-9(1)11-4-3-10-5-6-13-8-12(10)7-11/h3-7,9H,1-2H2. The molecule has 0 aliphatic heterocycles.